The lowest BCUT2D eigenvalue weighted by atomic mass is 9.76. The number of carboxylic acids is 1. The van der Waals surface area contributed by atoms with Crippen LogP contribution in [0.5, 0.6) is 0 Å². The fourth-order valence-corrected chi connectivity index (χ4v) is 3.48. The van der Waals surface area contributed by atoms with E-state index in [9.17, 15) is 4.79 Å². The third-order valence-electron chi connectivity index (χ3n) is 3.81. The SMILES string of the molecule is O=C(O)[C@H]1C2CC3=CC(C2)CC31. The van der Waals surface area contributed by atoms with Crippen LogP contribution in [0.4, 0.5) is 0 Å². The number of hydrogen-bond donors (Lipinski definition) is 1. The summed E-state index contributed by atoms with van der Waals surface area (Å²) in [6.07, 6.45) is 5.68. The van der Waals surface area contributed by atoms with Gasteiger partial charge in [-0.3, -0.25) is 4.79 Å². The van der Waals surface area contributed by atoms with Crippen LogP contribution in [0.15, 0.2) is 11.6 Å². The molecule has 0 aromatic heterocycles. The highest BCUT2D eigenvalue weighted by Gasteiger charge is 2.51. The predicted octanol–water partition coefficient (Wildman–Crippen LogP) is 1.67. The zero-order valence-corrected chi connectivity index (χ0v) is 6.86. The molecular formula is C10H12O2. The normalized spacial score (nSPS) is 48.2. The zero-order valence-electron chi connectivity index (χ0n) is 6.86. The molecule has 64 valence electrons. The van der Waals surface area contributed by atoms with Crippen LogP contribution in [-0.2, 0) is 4.79 Å². The van der Waals surface area contributed by atoms with Crippen LogP contribution in [0.3, 0.4) is 0 Å². The summed E-state index contributed by atoms with van der Waals surface area (Å²) in [4.78, 5) is 11.0. The Morgan fingerprint density at radius 2 is 2.33 bits per heavy atom. The first-order valence-corrected chi connectivity index (χ1v) is 4.69. The highest BCUT2D eigenvalue weighted by atomic mass is 16.4. The predicted molar refractivity (Wildman–Crippen MR) is 43.5 cm³/mol. The van der Waals surface area contributed by atoms with E-state index in [0.29, 0.717) is 11.8 Å². The molecule has 0 radical (unpaired) electrons. The van der Waals surface area contributed by atoms with E-state index in [2.05, 4.69) is 6.08 Å². The van der Waals surface area contributed by atoms with Crippen LogP contribution >= 0.6 is 0 Å². The molecule has 0 aromatic rings. The van der Waals surface area contributed by atoms with Gasteiger partial charge in [0.25, 0.3) is 0 Å². The molecule has 2 saturated carbocycles. The molecule has 2 fully saturated rings. The number of rotatable bonds is 1. The monoisotopic (exact) mass is 164 g/mol. The Labute approximate surface area is 71.3 Å². The van der Waals surface area contributed by atoms with Crippen molar-refractivity contribution < 1.29 is 9.90 Å². The van der Waals surface area contributed by atoms with Crippen LogP contribution < -0.4 is 0 Å². The third-order valence-corrected chi connectivity index (χ3v) is 3.81. The van der Waals surface area contributed by atoms with Crippen molar-refractivity contribution in [3.63, 3.8) is 0 Å². The highest BCUT2D eigenvalue weighted by Crippen LogP contribution is 2.57. The minimum Gasteiger partial charge on any atom is -0.481 e. The molecule has 4 rings (SSSR count). The Morgan fingerprint density at radius 3 is 3.00 bits per heavy atom. The van der Waals surface area contributed by atoms with E-state index in [1.165, 1.54) is 5.57 Å². The van der Waals surface area contributed by atoms with Gasteiger partial charge in [-0.1, -0.05) is 11.6 Å². The van der Waals surface area contributed by atoms with Crippen molar-refractivity contribution in [1.29, 1.82) is 0 Å². The largest absolute Gasteiger partial charge is 0.481 e. The maximum Gasteiger partial charge on any atom is 0.307 e. The second-order valence-electron chi connectivity index (χ2n) is 4.41. The van der Waals surface area contributed by atoms with Crippen molar-refractivity contribution in [2.24, 2.45) is 23.7 Å². The van der Waals surface area contributed by atoms with Crippen LogP contribution in [0.1, 0.15) is 19.3 Å². The summed E-state index contributed by atoms with van der Waals surface area (Å²) in [5, 5.41) is 9.03. The van der Waals surface area contributed by atoms with E-state index in [4.69, 9.17) is 5.11 Å². The van der Waals surface area contributed by atoms with Gasteiger partial charge in [0.2, 0.25) is 0 Å². The summed E-state index contributed by atoms with van der Waals surface area (Å²) in [5.74, 6) is 1.04. The molecule has 0 saturated heterocycles. The molecule has 1 N–H and O–H groups in total. The van der Waals surface area contributed by atoms with E-state index in [0.717, 1.165) is 25.2 Å². The van der Waals surface area contributed by atoms with Crippen LogP contribution in [-0.4, -0.2) is 11.1 Å². The number of carbonyl (C=O) groups is 1. The molecule has 0 spiro atoms. The van der Waals surface area contributed by atoms with Gasteiger partial charge in [-0.05, 0) is 37.0 Å². The molecular weight excluding hydrogens is 152 g/mol. The molecule has 12 heavy (non-hydrogen) atoms. The molecule has 0 heterocycles. The maximum atomic E-state index is 11.0. The Hall–Kier alpha value is -0.790. The van der Waals surface area contributed by atoms with Crippen LogP contribution in [0, 0.1) is 23.7 Å². The number of allylic oxidation sites excluding steroid dienone is 2. The summed E-state index contributed by atoms with van der Waals surface area (Å²) in [5.41, 5.74) is 1.46. The fourth-order valence-electron chi connectivity index (χ4n) is 3.48. The van der Waals surface area contributed by atoms with Gasteiger partial charge in [-0.2, -0.15) is 0 Å². The van der Waals surface area contributed by atoms with Crippen molar-refractivity contribution in [3.05, 3.63) is 11.6 Å². The first-order chi connectivity index (χ1) is 5.75. The fraction of sp³-hybridized carbons (Fsp3) is 0.700. The van der Waals surface area contributed by atoms with Crippen LogP contribution in [0.25, 0.3) is 0 Å². The lowest BCUT2D eigenvalue weighted by Crippen LogP contribution is -2.29. The topological polar surface area (TPSA) is 37.3 Å². The Balaban J connectivity index is 2.01. The van der Waals surface area contributed by atoms with Gasteiger partial charge >= 0.3 is 5.97 Å². The van der Waals surface area contributed by atoms with Gasteiger partial charge in [0.05, 0.1) is 5.92 Å². The van der Waals surface area contributed by atoms with Crippen molar-refractivity contribution in [1.82, 2.24) is 0 Å². The molecule has 4 bridgehead atoms. The van der Waals surface area contributed by atoms with Gasteiger partial charge in [0.1, 0.15) is 0 Å². The lowest BCUT2D eigenvalue weighted by Gasteiger charge is -2.28. The maximum absolute atomic E-state index is 11.0. The Bertz CT molecular complexity index is 280. The Kier molecular flexibility index (Phi) is 1.07. The lowest BCUT2D eigenvalue weighted by molar-refractivity contribution is -0.145. The van der Waals surface area contributed by atoms with Gasteiger partial charge in [0, 0.05) is 0 Å². The summed E-state index contributed by atoms with van der Waals surface area (Å²) in [6.45, 7) is 0. The van der Waals surface area contributed by atoms with Gasteiger partial charge in [0.15, 0.2) is 0 Å². The van der Waals surface area contributed by atoms with Gasteiger partial charge in [-0.25, -0.2) is 0 Å². The summed E-state index contributed by atoms with van der Waals surface area (Å²) in [6, 6.07) is 0. The molecule has 4 atom stereocenters. The standard InChI is InChI=1S/C10H12O2/c11-10(12)9-7-2-5-1-6(4-7)8(9)3-5/h1,5,7-9H,2-4H2,(H,11,12)/t5?,7?,8?,9-/m0/s1. The second-order valence-corrected chi connectivity index (χ2v) is 4.41. The number of aliphatic carboxylic acids is 1. The van der Waals surface area contributed by atoms with Crippen molar-refractivity contribution in [3.8, 4) is 0 Å². The molecule has 0 aliphatic heterocycles. The van der Waals surface area contributed by atoms with Crippen molar-refractivity contribution in [2.45, 2.75) is 19.3 Å². The molecule has 2 nitrogen and oxygen atoms in total. The average Bonchev–Trinajstić information content (AvgIpc) is 2.38. The molecule has 0 amide bonds. The quantitative estimate of drug-likeness (QED) is 0.598. The minimum absolute atomic E-state index is 0.0324. The Morgan fingerprint density at radius 1 is 1.50 bits per heavy atom. The third kappa shape index (κ3) is 0.637. The van der Waals surface area contributed by atoms with E-state index in [1.54, 1.807) is 0 Å². The van der Waals surface area contributed by atoms with Gasteiger partial charge in [-0.15, -0.1) is 0 Å². The summed E-state index contributed by atoms with van der Waals surface area (Å²) >= 11 is 0. The number of hydrogen-bond acceptors (Lipinski definition) is 1. The van der Waals surface area contributed by atoms with E-state index in [-0.39, 0.29) is 5.92 Å². The molecule has 4 aliphatic rings. The summed E-state index contributed by atoms with van der Waals surface area (Å²) in [7, 11) is 0. The second kappa shape index (κ2) is 1.93. The molecule has 0 aromatic carbocycles. The zero-order chi connectivity index (χ0) is 8.29. The molecule has 2 heteroatoms. The minimum atomic E-state index is -0.561. The van der Waals surface area contributed by atoms with Crippen molar-refractivity contribution >= 4 is 5.97 Å². The molecule has 4 aliphatic carbocycles. The first-order valence-electron chi connectivity index (χ1n) is 4.69. The van der Waals surface area contributed by atoms with Gasteiger partial charge < -0.3 is 5.11 Å². The van der Waals surface area contributed by atoms with E-state index < -0.39 is 5.97 Å². The van der Waals surface area contributed by atoms with E-state index in [1.807, 2.05) is 0 Å². The smallest absolute Gasteiger partial charge is 0.307 e. The summed E-state index contributed by atoms with van der Waals surface area (Å²) < 4.78 is 0. The van der Waals surface area contributed by atoms with E-state index >= 15 is 0 Å². The van der Waals surface area contributed by atoms with Crippen molar-refractivity contribution in [2.75, 3.05) is 0 Å². The highest BCUT2D eigenvalue weighted by molar-refractivity contribution is 5.73. The number of carboxylic acid groups (broad SMARTS) is 1. The molecule has 3 unspecified atom stereocenters. The van der Waals surface area contributed by atoms with Crippen LogP contribution in [0.2, 0.25) is 0 Å². The first kappa shape index (κ1) is 6.70. The average molecular weight is 164 g/mol.